The van der Waals surface area contributed by atoms with E-state index in [0.29, 0.717) is 17.6 Å². The SMILES string of the molecule is CC1(C)[C@H]2CC[C@@]1(C)[C@H](NC(=O)N1CCC[C@@H](C(=O)Nc3nccs3)C1)C2. The highest BCUT2D eigenvalue weighted by molar-refractivity contribution is 7.13. The molecular weight excluding hydrogens is 360 g/mol. The molecule has 1 aromatic heterocycles. The molecular formula is C20H30N4O2S. The third-order valence-electron chi connectivity index (χ3n) is 7.83. The number of aromatic nitrogens is 1. The van der Waals surface area contributed by atoms with E-state index >= 15 is 0 Å². The van der Waals surface area contributed by atoms with Crippen LogP contribution in [0.25, 0.3) is 0 Å². The highest BCUT2D eigenvalue weighted by Gasteiger charge is 2.61. The van der Waals surface area contributed by atoms with Crippen LogP contribution in [0.1, 0.15) is 52.9 Å². The molecule has 4 atom stereocenters. The molecule has 0 radical (unpaired) electrons. The van der Waals surface area contributed by atoms with E-state index in [2.05, 4.69) is 36.4 Å². The first kappa shape index (κ1) is 18.7. The Hall–Kier alpha value is -1.63. The third-order valence-corrected chi connectivity index (χ3v) is 8.52. The summed E-state index contributed by atoms with van der Waals surface area (Å²) >= 11 is 1.41. The van der Waals surface area contributed by atoms with Crippen LogP contribution in [0.4, 0.5) is 9.93 Å². The van der Waals surface area contributed by atoms with E-state index < -0.39 is 0 Å². The summed E-state index contributed by atoms with van der Waals surface area (Å²) in [5.41, 5.74) is 0.452. The van der Waals surface area contributed by atoms with Gasteiger partial charge in [0.15, 0.2) is 5.13 Å². The maximum atomic E-state index is 12.9. The van der Waals surface area contributed by atoms with Crippen LogP contribution < -0.4 is 10.6 Å². The fraction of sp³-hybridized carbons (Fsp3) is 0.750. The van der Waals surface area contributed by atoms with E-state index in [-0.39, 0.29) is 34.7 Å². The molecule has 4 rings (SSSR count). The quantitative estimate of drug-likeness (QED) is 0.826. The molecule has 1 saturated heterocycles. The molecule has 3 amide bonds. The van der Waals surface area contributed by atoms with Gasteiger partial charge in [0.05, 0.1) is 5.92 Å². The Bertz CT molecular complexity index is 720. The minimum atomic E-state index is -0.166. The van der Waals surface area contributed by atoms with Crippen molar-refractivity contribution in [1.29, 1.82) is 0 Å². The summed E-state index contributed by atoms with van der Waals surface area (Å²) < 4.78 is 0. The Labute approximate surface area is 165 Å². The van der Waals surface area contributed by atoms with Gasteiger partial charge in [-0.05, 0) is 48.9 Å². The second-order valence-corrected chi connectivity index (χ2v) is 10.1. The van der Waals surface area contributed by atoms with Crippen LogP contribution in [0.2, 0.25) is 0 Å². The van der Waals surface area contributed by atoms with E-state index in [1.165, 1.54) is 24.2 Å². The van der Waals surface area contributed by atoms with Gasteiger partial charge < -0.3 is 15.5 Å². The van der Waals surface area contributed by atoms with Crippen molar-refractivity contribution in [2.75, 3.05) is 18.4 Å². The lowest BCUT2D eigenvalue weighted by Crippen LogP contribution is -2.54. The number of rotatable bonds is 3. The summed E-state index contributed by atoms with van der Waals surface area (Å²) in [7, 11) is 0. The summed E-state index contributed by atoms with van der Waals surface area (Å²) in [6.07, 6.45) is 6.90. The van der Waals surface area contributed by atoms with Crippen molar-refractivity contribution < 1.29 is 9.59 Å². The van der Waals surface area contributed by atoms with Crippen molar-refractivity contribution in [2.24, 2.45) is 22.7 Å². The number of fused-ring (bicyclic) bond motifs is 2. The summed E-state index contributed by atoms with van der Waals surface area (Å²) in [5.74, 6) is 0.502. The van der Waals surface area contributed by atoms with E-state index in [4.69, 9.17) is 0 Å². The van der Waals surface area contributed by atoms with Gasteiger partial charge >= 0.3 is 6.03 Å². The Balaban J connectivity index is 1.36. The van der Waals surface area contributed by atoms with E-state index in [1.807, 2.05) is 10.3 Å². The predicted molar refractivity (Wildman–Crippen MR) is 107 cm³/mol. The molecule has 2 heterocycles. The number of hydrogen-bond donors (Lipinski definition) is 2. The van der Waals surface area contributed by atoms with Crippen molar-refractivity contribution >= 4 is 28.4 Å². The number of anilines is 1. The lowest BCUT2D eigenvalue weighted by Gasteiger charge is -2.41. The molecule has 2 saturated carbocycles. The Kier molecular flexibility index (Phi) is 4.69. The minimum Gasteiger partial charge on any atom is -0.335 e. The van der Waals surface area contributed by atoms with Crippen LogP contribution in [0.3, 0.4) is 0 Å². The maximum Gasteiger partial charge on any atom is 0.317 e. The van der Waals surface area contributed by atoms with Crippen molar-refractivity contribution in [1.82, 2.24) is 15.2 Å². The summed E-state index contributed by atoms with van der Waals surface area (Å²) in [6.45, 7) is 8.27. The Morgan fingerprint density at radius 3 is 2.74 bits per heavy atom. The van der Waals surface area contributed by atoms with Crippen LogP contribution in [0.15, 0.2) is 11.6 Å². The molecule has 148 valence electrons. The zero-order valence-corrected chi connectivity index (χ0v) is 17.3. The monoisotopic (exact) mass is 390 g/mol. The first-order valence-corrected chi connectivity index (χ1v) is 10.9. The molecule has 1 aliphatic heterocycles. The summed E-state index contributed by atoms with van der Waals surface area (Å²) in [5, 5.41) is 8.66. The smallest absolute Gasteiger partial charge is 0.317 e. The number of urea groups is 1. The molecule has 3 aliphatic rings. The first-order valence-electron chi connectivity index (χ1n) is 10.1. The minimum absolute atomic E-state index is 0.00340. The van der Waals surface area contributed by atoms with Gasteiger partial charge in [-0.25, -0.2) is 9.78 Å². The zero-order valence-electron chi connectivity index (χ0n) is 16.5. The molecule has 6 nitrogen and oxygen atoms in total. The fourth-order valence-corrected chi connectivity index (χ4v) is 6.06. The van der Waals surface area contributed by atoms with Gasteiger partial charge in [-0.15, -0.1) is 11.3 Å². The maximum absolute atomic E-state index is 12.9. The first-order chi connectivity index (χ1) is 12.8. The Morgan fingerprint density at radius 1 is 1.30 bits per heavy atom. The van der Waals surface area contributed by atoms with Crippen LogP contribution in [0, 0.1) is 22.7 Å². The summed E-state index contributed by atoms with van der Waals surface area (Å²) in [4.78, 5) is 31.4. The predicted octanol–water partition coefficient (Wildman–Crippen LogP) is 3.72. The molecule has 2 N–H and O–H groups in total. The van der Waals surface area contributed by atoms with E-state index in [0.717, 1.165) is 25.8 Å². The van der Waals surface area contributed by atoms with Gasteiger partial charge in [0.2, 0.25) is 5.91 Å². The van der Waals surface area contributed by atoms with Crippen molar-refractivity contribution in [2.45, 2.75) is 58.9 Å². The molecule has 0 spiro atoms. The van der Waals surface area contributed by atoms with Gasteiger partial charge in [-0.3, -0.25) is 4.79 Å². The normalized spacial score (nSPS) is 34.5. The molecule has 3 fully saturated rings. The molecule has 1 aromatic rings. The van der Waals surface area contributed by atoms with E-state index in [9.17, 15) is 9.59 Å². The average Bonchev–Trinajstić information content (AvgIpc) is 3.28. The largest absolute Gasteiger partial charge is 0.335 e. The second kappa shape index (κ2) is 6.76. The highest BCUT2D eigenvalue weighted by atomic mass is 32.1. The van der Waals surface area contributed by atoms with Gasteiger partial charge in [-0.1, -0.05) is 20.8 Å². The van der Waals surface area contributed by atoms with Crippen molar-refractivity contribution in [3.8, 4) is 0 Å². The number of likely N-dealkylation sites (tertiary alicyclic amines) is 1. The molecule has 7 heteroatoms. The summed E-state index contributed by atoms with van der Waals surface area (Å²) in [6, 6.07) is 0.236. The number of nitrogens with one attached hydrogen (secondary N) is 2. The van der Waals surface area contributed by atoms with Crippen LogP contribution in [-0.4, -0.2) is 41.0 Å². The van der Waals surface area contributed by atoms with Crippen LogP contribution in [0.5, 0.6) is 0 Å². The number of thiazole rings is 1. The van der Waals surface area contributed by atoms with E-state index in [1.54, 1.807) is 6.20 Å². The second-order valence-electron chi connectivity index (χ2n) is 9.22. The Morgan fingerprint density at radius 2 is 2.11 bits per heavy atom. The number of nitrogens with zero attached hydrogens (tertiary/aromatic N) is 2. The van der Waals surface area contributed by atoms with Crippen molar-refractivity contribution in [3.05, 3.63) is 11.6 Å². The van der Waals surface area contributed by atoms with Gasteiger partial charge in [0.25, 0.3) is 0 Å². The van der Waals surface area contributed by atoms with Gasteiger partial charge in [0.1, 0.15) is 0 Å². The highest BCUT2D eigenvalue weighted by Crippen LogP contribution is 2.65. The molecule has 2 aliphatic carbocycles. The van der Waals surface area contributed by atoms with Crippen LogP contribution >= 0.6 is 11.3 Å². The van der Waals surface area contributed by atoms with Gasteiger partial charge in [0, 0.05) is 30.7 Å². The van der Waals surface area contributed by atoms with Crippen LogP contribution in [-0.2, 0) is 4.79 Å². The molecule has 0 aromatic carbocycles. The fourth-order valence-electron chi connectivity index (χ4n) is 5.53. The third kappa shape index (κ3) is 3.13. The number of carbonyl (C=O) groups excluding carboxylic acids is 2. The number of carbonyl (C=O) groups is 2. The number of piperidine rings is 1. The van der Waals surface area contributed by atoms with Crippen molar-refractivity contribution in [3.63, 3.8) is 0 Å². The zero-order chi connectivity index (χ0) is 19.2. The lowest BCUT2D eigenvalue weighted by atomic mass is 9.69. The molecule has 2 bridgehead atoms. The molecule has 0 unspecified atom stereocenters. The average molecular weight is 391 g/mol. The topological polar surface area (TPSA) is 74.3 Å². The van der Waals surface area contributed by atoms with Gasteiger partial charge in [-0.2, -0.15) is 0 Å². The number of hydrogen-bond acceptors (Lipinski definition) is 4. The number of amides is 3. The lowest BCUT2D eigenvalue weighted by molar-refractivity contribution is -0.121. The molecule has 27 heavy (non-hydrogen) atoms. The standard InChI is InChI=1S/C20H30N4O2S/c1-19(2)14-6-7-20(19,3)15(11-14)22-18(26)24-9-4-5-13(12-24)16(25)23-17-21-8-10-27-17/h8,10,13-15H,4-7,9,11-12H2,1-3H3,(H,22,26)(H,21,23,25)/t13-,14+,15-,20+/m1/s1.